The summed E-state index contributed by atoms with van der Waals surface area (Å²) < 4.78 is 8.99. The number of hydrogen-bond donors (Lipinski definition) is 1. The van der Waals surface area contributed by atoms with Gasteiger partial charge in [-0.2, -0.15) is 10.2 Å². The molecule has 0 atom stereocenters. The van der Waals surface area contributed by atoms with Gasteiger partial charge in [-0.15, -0.1) is 0 Å². The lowest BCUT2D eigenvalue weighted by atomic mass is 10.0. The highest BCUT2D eigenvalue weighted by Crippen LogP contribution is 2.28. The first-order valence-electron chi connectivity index (χ1n) is 10.2. The van der Waals surface area contributed by atoms with Crippen molar-refractivity contribution in [2.24, 2.45) is 7.05 Å². The normalized spacial score (nSPS) is 11.1. The standard InChI is InChI=1S/C23H26N6O2/c1-15-9-11-25-29(15)12-6-10-24-23(30)19-14-20(17-7-5-8-18(13-17)31-4)26-22-21(19)16(2)27-28(22)3/h5,7-9,11,13-14H,6,10,12H2,1-4H3,(H,24,30). The monoisotopic (exact) mass is 418 g/mol. The van der Waals surface area contributed by atoms with E-state index in [9.17, 15) is 4.79 Å². The predicted octanol–water partition coefficient (Wildman–Crippen LogP) is 3.28. The summed E-state index contributed by atoms with van der Waals surface area (Å²) >= 11 is 0. The number of pyridine rings is 1. The number of benzene rings is 1. The van der Waals surface area contributed by atoms with E-state index in [-0.39, 0.29) is 5.91 Å². The Labute approximate surface area is 180 Å². The maximum atomic E-state index is 13.1. The van der Waals surface area contributed by atoms with Crippen molar-refractivity contribution in [2.75, 3.05) is 13.7 Å². The fourth-order valence-corrected chi connectivity index (χ4v) is 3.71. The van der Waals surface area contributed by atoms with Gasteiger partial charge in [-0.05, 0) is 44.5 Å². The van der Waals surface area contributed by atoms with Crippen molar-refractivity contribution in [3.05, 3.63) is 59.5 Å². The Bertz CT molecular complexity index is 1240. The van der Waals surface area contributed by atoms with E-state index in [0.717, 1.165) is 41.1 Å². The van der Waals surface area contributed by atoms with Crippen LogP contribution in [0.15, 0.2) is 42.6 Å². The average molecular weight is 419 g/mol. The Kier molecular flexibility index (Phi) is 5.70. The van der Waals surface area contributed by atoms with E-state index >= 15 is 0 Å². The van der Waals surface area contributed by atoms with Gasteiger partial charge in [0.15, 0.2) is 5.65 Å². The van der Waals surface area contributed by atoms with E-state index in [1.54, 1.807) is 18.0 Å². The molecule has 0 aliphatic rings. The fraction of sp³-hybridized carbons (Fsp3) is 0.304. The van der Waals surface area contributed by atoms with Crippen molar-refractivity contribution < 1.29 is 9.53 Å². The van der Waals surface area contributed by atoms with E-state index in [4.69, 9.17) is 9.72 Å². The Hall–Kier alpha value is -3.68. The maximum Gasteiger partial charge on any atom is 0.252 e. The number of hydrogen-bond acceptors (Lipinski definition) is 5. The van der Waals surface area contributed by atoms with Crippen molar-refractivity contribution >= 4 is 16.9 Å². The molecule has 0 radical (unpaired) electrons. The molecule has 3 heterocycles. The number of rotatable bonds is 7. The smallest absolute Gasteiger partial charge is 0.252 e. The molecular weight excluding hydrogens is 392 g/mol. The lowest BCUT2D eigenvalue weighted by Gasteiger charge is -2.10. The zero-order valence-electron chi connectivity index (χ0n) is 18.2. The van der Waals surface area contributed by atoms with Crippen LogP contribution < -0.4 is 10.1 Å². The number of amides is 1. The summed E-state index contributed by atoms with van der Waals surface area (Å²) in [5.74, 6) is 0.602. The summed E-state index contributed by atoms with van der Waals surface area (Å²) in [7, 11) is 3.47. The minimum Gasteiger partial charge on any atom is -0.497 e. The SMILES string of the molecule is COc1cccc(-c2cc(C(=O)NCCCn3nccc3C)c3c(C)nn(C)c3n2)c1. The molecule has 0 bridgehead atoms. The molecule has 0 saturated carbocycles. The molecule has 1 amide bonds. The Morgan fingerprint density at radius 1 is 1.19 bits per heavy atom. The highest BCUT2D eigenvalue weighted by Gasteiger charge is 2.19. The minimum absolute atomic E-state index is 0.134. The van der Waals surface area contributed by atoms with Crippen LogP contribution in [0.2, 0.25) is 0 Å². The molecular formula is C23H26N6O2. The van der Waals surface area contributed by atoms with E-state index in [1.807, 2.05) is 62.0 Å². The first-order valence-corrected chi connectivity index (χ1v) is 10.2. The minimum atomic E-state index is -0.134. The quantitative estimate of drug-likeness (QED) is 0.466. The average Bonchev–Trinajstić information content (AvgIpc) is 3.32. The summed E-state index contributed by atoms with van der Waals surface area (Å²) in [5, 5.41) is 12.6. The van der Waals surface area contributed by atoms with Gasteiger partial charge in [0.05, 0.1) is 29.4 Å². The molecule has 1 N–H and O–H groups in total. The van der Waals surface area contributed by atoms with Crippen LogP contribution in [0.3, 0.4) is 0 Å². The third kappa shape index (κ3) is 4.14. The Morgan fingerprint density at radius 3 is 2.77 bits per heavy atom. The van der Waals surface area contributed by atoms with Crippen LogP contribution in [0.5, 0.6) is 5.75 Å². The van der Waals surface area contributed by atoms with Gasteiger partial charge < -0.3 is 10.1 Å². The second-order valence-electron chi connectivity index (χ2n) is 7.50. The lowest BCUT2D eigenvalue weighted by Crippen LogP contribution is -2.26. The third-order valence-corrected chi connectivity index (χ3v) is 5.34. The molecule has 0 saturated heterocycles. The van der Waals surface area contributed by atoms with Crippen molar-refractivity contribution in [1.82, 2.24) is 29.9 Å². The van der Waals surface area contributed by atoms with Gasteiger partial charge in [-0.1, -0.05) is 12.1 Å². The van der Waals surface area contributed by atoms with Gasteiger partial charge >= 0.3 is 0 Å². The molecule has 0 unspecified atom stereocenters. The molecule has 0 aliphatic carbocycles. The van der Waals surface area contributed by atoms with Crippen LogP contribution in [-0.4, -0.2) is 44.1 Å². The number of carbonyl (C=O) groups excluding carboxylic acids is 1. The van der Waals surface area contributed by atoms with Gasteiger partial charge in [-0.3, -0.25) is 14.2 Å². The number of aromatic nitrogens is 5. The van der Waals surface area contributed by atoms with Crippen molar-refractivity contribution in [3.8, 4) is 17.0 Å². The van der Waals surface area contributed by atoms with Crippen LogP contribution in [0.25, 0.3) is 22.3 Å². The highest BCUT2D eigenvalue weighted by atomic mass is 16.5. The molecule has 8 nitrogen and oxygen atoms in total. The number of ether oxygens (including phenoxy) is 1. The largest absolute Gasteiger partial charge is 0.497 e. The van der Waals surface area contributed by atoms with Crippen LogP contribution in [-0.2, 0) is 13.6 Å². The zero-order valence-corrected chi connectivity index (χ0v) is 18.2. The van der Waals surface area contributed by atoms with E-state index in [2.05, 4.69) is 15.5 Å². The second-order valence-corrected chi connectivity index (χ2v) is 7.50. The molecule has 3 aromatic heterocycles. The predicted molar refractivity (Wildman–Crippen MR) is 119 cm³/mol. The summed E-state index contributed by atoms with van der Waals surface area (Å²) in [6, 6.07) is 11.5. The number of nitrogens with zero attached hydrogens (tertiary/aromatic N) is 5. The molecule has 8 heteroatoms. The van der Waals surface area contributed by atoms with Gasteiger partial charge in [0.1, 0.15) is 5.75 Å². The van der Waals surface area contributed by atoms with Crippen LogP contribution in [0.4, 0.5) is 0 Å². The maximum absolute atomic E-state index is 13.1. The number of methoxy groups -OCH3 is 1. The topological polar surface area (TPSA) is 86.9 Å². The van der Waals surface area contributed by atoms with Gasteiger partial charge in [0, 0.05) is 37.6 Å². The highest BCUT2D eigenvalue weighted by molar-refractivity contribution is 6.07. The molecule has 4 aromatic rings. The first kappa shape index (κ1) is 20.6. The van der Waals surface area contributed by atoms with Gasteiger partial charge in [0.2, 0.25) is 0 Å². The summed E-state index contributed by atoms with van der Waals surface area (Å²) in [6.45, 7) is 5.22. The number of carbonyl (C=O) groups is 1. The molecule has 0 fully saturated rings. The number of nitrogens with one attached hydrogen (secondary N) is 1. The summed E-state index contributed by atoms with van der Waals surface area (Å²) in [5.41, 5.74) is 4.71. The molecule has 4 rings (SSSR count). The second kappa shape index (κ2) is 8.59. The van der Waals surface area contributed by atoms with Crippen molar-refractivity contribution in [3.63, 3.8) is 0 Å². The molecule has 160 valence electrons. The van der Waals surface area contributed by atoms with Crippen molar-refractivity contribution in [2.45, 2.75) is 26.8 Å². The van der Waals surface area contributed by atoms with Crippen LogP contribution in [0, 0.1) is 13.8 Å². The van der Waals surface area contributed by atoms with E-state index < -0.39 is 0 Å². The molecule has 1 aromatic carbocycles. The molecule has 0 spiro atoms. The van der Waals surface area contributed by atoms with Gasteiger partial charge in [0.25, 0.3) is 5.91 Å². The molecule has 0 aliphatic heterocycles. The summed E-state index contributed by atoms with van der Waals surface area (Å²) in [4.78, 5) is 17.9. The lowest BCUT2D eigenvalue weighted by molar-refractivity contribution is 0.0954. The Morgan fingerprint density at radius 2 is 2.03 bits per heavy atom. The van der Waals surface area contributed by atoms with E-state index in [0.29, 0.717) is 23.4 Å². The van der Waals surface area contributed by atoms with Gasteiger partial charge in [-0.25, -0.2) is 4.98 Å². The Balaban J connectivity index is 1.62. The van der Waals surface area contributed by atoms with Crippen LogP contribution in [0.1, 0.15) is 28.2 Å². The summed E-state index contributed by atoms with van der Waals surface area (Å²) in [6.07, 6.45) is 2.57. The fourth-order valence-electron chi connectivity index (χ4n) is 3.71. The van der Waals surface area contributed by atoms with Crippen LogP contribution >= 0.6 is 0 Å². The number of fused-ring (bicyclic) bond motifs is 1. The number of aryl methyl sites for hydroxylation is 4. The third-order valence-electron chi connectivity index (χ3n) is 5.34. The first-order chi connectivity index (χ1) is 15.0. The van der Waals surface area contributed by atoms with E-state index in [1.165, 1.54) is 0 Å². The molecule has 31 heavy (non-hydrogen) atoms. The van der Waals surface area contributed by atoms with Crippen molar-refractivity contribution in [1.29, 1.82) is 0 Å². The zero-order chi connectivity index (χ0) is 22.0.